The van der Waals surface area contributed by atoms with Crippen molar-refractivity contribution in [3.05, 3.63) is 90.6 Å². The van der Waals surface area contributed by atoms with Gasteiger partial charge in [-0.2, -0.15) is 5.10 Å². The fourth-order valence-electron chi connectivity index (χ4n) is 4.61. The molecule has 1 saturated carbocycles. The normalized spacial score (nSPS) is 13.2. The van der Waals surface area contributed by atoms with Crippen molar-refractivity contribution in [3.8, 4) is 28.0 Å². The van der Waals surface area contributed by atoms with E-state index in [0.29, 0.717) is 12.2 Å². The number of ether oxygens (including phenoxy) is 1. The van der Waals surface area contributed by atoms with Gasteiger partial charge in [-0.15, -0.1) is 0 Å². The molecule has 3 heterocycles. The summed E-state index contributed by atoms with van der Waals surface area (Å²) in [5.74, 6) is 0.745. The second-order valence-corrected chi connectivity index (χ2v) is 8.88. The number of benzene rings is 2. The number of fused-ring (bicyclic) bond motifs is 1. The molecule has 0 aliphatic heterocycles. The summed E-state index contributed by atoms with van der Waals surface area (Å²) in [5, 5.41) is 7.93. The number of aromatic amines is 2. The molecule has 7 nitrogen and oxygen atoms in total. The molecule has 3 aromatic heterocycles. The van der Waals surface area contributed by atoms with Gasteiger partial charge in [0.15, 0.2) is 0 Å². The standard InChI is InChI=1S/C28H25N5O2/c1-35-23-6-2-5-20(12-23)26-24-10-7-19(21-15-30-31-16-21)13-25(24)32-27(26)28(34)33(22-8-9-22)17-18-4-3-11-29-14-18/h2-7,10-16,22,32H,8-9,17H2,1H3,(H,30,31). The first-order valence-corrected chi connectivity index (χ1v) is 11.7. The zero-order valence-electron chi connectivity index (χ0n) is 19.4. The lowest BCUT2D eigenvalue weighted by Crippen LogP contribution is -2.33. The number of hydrogen-bond acceptors (Lipinski definition) is 4. The predicted molar refractivity (Wildman–Crippen MR) is 135 cm³/mol. The first-order chi connectivity index (χ1) is 17.2. The van der Waals surface area contributed by atoms with Gasteiger partial charge in [0.2, 0.25) is 0 Å². The Hall–Kier alpha value is -4.39. The SMILES string of the molecule is COc1cccc(-c2c(C(=O)N(Cc3cccnc3)C3CC3)[nH]c3cc(-c4cn[nH]c4)ccc23)c1. The highest BCUT2D eigenvalue weighted by atomic mass is 16.5. The van der Waals surface area contributed by atoms with Crippen LogP contribution in [0.1, 0.15) is 28.9 Å². The van der Waals surface area contributed by atoms with E-state index in [1.165, 1.54) is 0 Å². The molecule has 1 amide bonds. The largest absolute Gasteiger partial charge is 0.497 e. The minimum Gasteiger partial charge on any atom is -0.497 e. The summed E-state index contributed by atoms with van der Waals surface area (Å²) in [7, 11) is 1.65. The van der Waals surface area contributed by atoms with Crippen LogP contribution >= 0.6 is 0 Å². The molecule has 0 unspecified atom stereocenters. The second-order valence-electron chi connectivity index (χ2n) is 8.88. The van der Waals surface area contributed by atoms with Gasteiger partial charge in [0.05, 0.1) is 13.3 Å². The van der Waals surface area contributed by atoms with Crippen molar-refractivity contribution in [3.63, 3.8) is 0 Å². The monoisotopic (exact) mass is 463 g/mol. The summed E-state index contributed by atoms with van der Waals surface area (Å²) in [6.07, 6.45) is 9.28. The number of nitrogens with one attached hydrogen (secondary N) is 2. The van der Waals surface area contributed by atoms with Crippen molar-refractivity contribution < 1.29 is 9.53 Å². The molecular formula is C28H25N5O2. The van der Waals surface area contributed by atoms with Crippen LogP contribution in [0.5, 0.6) is 5.75 Å². The Morgan fingerprint density at radius 1 is 1.06 bits per heavy atom. The van der Waals surface area contributed by atoms with Crippen LogP contribution in [0.3, 0.4) is 0 Å². The zero-order chi connectivity index (χ0) is 23.8. The van der Waals surface area contributed by atoms with Crippen molar-refractivity contribution in [2.45, 2.75) is 25.4 Å². The summed E-state index contributed by atoms with van der Waals surface area (Å²) >= 11 is 0. The van der Waals surface area contributed by atoms with Gasteiger partial charge in [-0.3, -0.25) is 14.9 Å². The van der Waals surface area contributed by atoms with E-state index >= 15 is 0 Å². The Morgan fingerprint density at radius 2 is 1.97 bits per heavy atom. The summed E-state index contributed by atoms with van der Waals surface area (Å²) in [5.41, 5.74) is 6.36. The van der Waals surface area contributed by atoms with Crippen LogP contribution in [0.25, 0.3) is 33.2 Å². The average Bonchev–Trinajstić information content (AvgIpc) is 3.45. The highest BCUT2D eigenvalue weighted by Gasteiger charge is 2.35. The van der Waals surface area contributed by atoms with Crippen molar-refractivity contribution in [2.24, 2.45) is 0 Å². The molecule has 2 N–H and O–H groups in total. The van der Waals surface area contributed by atoms with Gasteiger partial charge in [0, 0.05) is 53.2 Å². The highest BCUT2D eigenvalue weighted by molar-refractivity contribution is 6.10. The Balaban J connectivity index is 1.49. The molecular weight excluding hydrogens is 438 g/mol. The molecule has 0 spiro atoms. The van der Waals surface area contributed by atoms with Crippen LogP contribution in [0, 0.1) is 0 Å². The van der Waals surface area contributed by atoms with E-state index in [2.05, 4.69) is 38.4 Å². The number of methoxy groups -OCH3 is 1. The Bertz CT molecular complexity index is 1490. The Labute approximate surface area is 202 Å². The average molecular weight is 464 g/mol. The predicted octanol–water partition coefficient (Wildman–Crippen LogP) is 5.43. The molecule has 1 fully saturated rings. The second kappa shape index (κ2) is 8.76. The van der Waals surface area contributed by atoms with Crippen LogP contribution in [0.2, 0.25) is 0 Å². The number of pyridine rings is 1. The van der Waals surface area contributed by atoms with Gasteiger partial charge in [0.1, 0.15) is 11.4 Å². The van der Waals surface area contributed by atoms with Crippen molar-refractivity contribution in [2.75, 3.05) is 7.11 Å². The molecule has 7 heteroatoms. The van der Waals surface area contributed by atoms with E-state index < -0.39 is 0 Å². The number of rotatable bonds is 7. The first kappa shape index (κ1) is 21.2. The Kier molecular flexibility index (Phi) is 5.29. The molecule has 0 atom stereocenters. The van der Waals surface area contributed by atoms with E-state index in [9.17, 15) is 4.79 Å². The maximum Gasteiger partial charge on any atom is 0.271 e. The molecule has 2 aromatic carbocycles. The van der Waals surface area contributed by atoms with Crippen LogP contribution in [-0.4, -0.2) is 44.1 Å². The van der Waals surface area contributed by atoms with Gasteiger partial charge < -0.3 is 14.6 Å². The molecule has 0 saturated heterocycles. The molecule has 1 aliphatic rings. The lowest BCUT2D eigenvalue weighted by Gasteiger charge is -2.22. The van der Waals surface area contributed by atoms with Crippen molar-refractivity contribution >= 4 is 16.8 Å². The quantitative estimate of drug-likeness (QED) is 0.337. The van der Waals surface area contributed by atoms with Gasteiger partial charge in [-0.1, -0.05) is 30.3 Å². The number of amides is 1. The molecule has 174 valence electrons. The number of carbonyl (C=O) groups excluding carboxylic acids is 1. The molecule has 1 aliphatic carbocycles. The maximum atomic E-state index is 14.1. The summed E-state index contributed by atoms with van der Waals surface area (Å²) < 4.78 is 5.49. The maximum absolute atomic E-state index is 14.1. The zero-order valence-corrected chi connectivity index (χ0v) is 19.4. The first-order valence-electron chi connectivity index (χ1n) is 11.7. The number of nitrogens with zero attached hydrogens (tertiary/aromatic N) is 3. The number of aromatic nitrogens is 4. The minimum atomic E-state index is -0.00441. The summed E-state index contributed by atoms with van der Waals surface area (Å²) in [6, 6.07) is 18.2. The topological polar surface area (TPSA) is 86.9 Å². The molecule has 0 radical (unpaired) electrons. The fraction of sp³-hybridized carbons (Fsp3) is 0.179. The molecule has 6 rings (SSSR count). The fourth-order valence-corrected chi connectivity index (χ4v) is 4.61. The third kappa shape index (κ3) is 4.05. The lowest BCUT2D eigenvalue weighted by atomic mass is 9.99. The number of hydrogen-bond donors (Lipinski definition) is 2. The van der Waals surface area contributed by atoms with Crippen LogP contribution in [-0.2, 0) is 6.54 Å². The van der Waals surface area contributed by atoms with E-state index in [1.807, 2.05) is 53.7 Å². The highest BCUT2D eigenvalue weighted by Crippen LogP contribution is 2.38. The summed E-state index contributed by atoms with van der Waals surface area (Å²) in [4.78, 5) is 23.8. The van der Waals surface area contributed by atoms with Crippen LogP contribution < -0.4 is 4.74 Å². The van der Waals surface area contributed by atoms with E-state index in [4.69, 9.17) is 4.74 Å². The molecule has 5 aromatic rings. The lowest BCUT2D eigenvalue weighted by molar-refractivity contribution is 0.0725. The van der Waals surface area contributed by atoms with Crippen LogP contribution in [0.4, 0.5) is 0 Å². The smallest absolute Gasteiger partial charge is 0.271 e. The third-order valence-electron chi connectivity index (χ3n) is 6.53. The number of H-pyrrole nitrogens is 2. The third-order valence-corrected chi connectivity index (χ3v) is 6.53. The molecule has 0 bridgehead atoms. The van der Waals surface area contributed by atoms with E-state index in [-0.39, 0.29) is 11.9 Å². The van der Waals surface area contributed by atoms with Crippen molar-refractivity contribution in [1.82, 2.24) is 25.1 Å². The van der Waals surface area contributed by atoms with Gasteiger partial charge >= 0.3 is 0 Å². The summed E-state index contributed by atoms with van der Waals surface area (Å²) in [6.45, 7) is 0.532. The van der Waals surface area contributed by atoms with E-state index in [1.54, 1.807) is 19.5 Å². The minimum absolute atomic E-state index is 0.00441. The van der Waals surface area contributed by atoms with Crippen molar-refractivity contribution in [1.29, 1.82) is 0 Å². The van der Waals surface area contributed by atoms with Gasteiger partial charge in [-0.25, -0.2) is 0 Å². The van der Waals surface area contributed by atoms with Gasteiger partial charge in [0.25, 0.3) is 5.91 Å². The van der Waals surface area contributed by atoms with E-state index in [0.717, 1.165) is 57.3 Å². The Morgan fingerprint density at radius 3 is 2.71 bits per heavy atom. The van der Waals surface area contributed by atoms with Crippen LogP contribution in [0.15, 0.2) is 79.4 Å². The number of carbonyl (C=O) groups is 1. The van der Waals surface area contributed by atoms with Gasteiger partial charge in [-0.05, 0) is 53.8 Å². The molecule has 35 heavy (non-hydrogen) atoms.